The zero-order valence-electron chi connectivity index (χ0n) is 12.1. The highest BCUT2D eigenvalue weighted by Crippen LogP contribution is 2.23. The summed E-state index contributed by atoms with van der Waals surface area (Å²) in [6, 6.07) is 7.85. The number of hydrogen-bond donors (Lipinski definition) is 1. The molecule has 5 heteroatoms. The van der Waals surface area contributed by atoms with Gasteiger partial charge in [-0.25, -0.2) is 4.98 Å². The van der Waals surface area contributed by atoms with Crippen molar-refractivity contribution >= 4 is 16.9 Å². The minimum absolute atomic E-state index is 0.488. The molecule has 1 aromatic heterocycles. The first-order chi connectivity index (χ1) is 9.85. The van der Waals surface area contributed by atoms with Gasteiger partial charge >= 0.3 is 0 Å². The minimum Gasteiger partial charge on any atom is -0.475 e. The van der Waals surface area contributed by atoms with Gasteiger partial charge in [-0.1, -0.05) is 19.1 Å². The molecule has 1 aromatic carbocycles. The van der Waals surface area contributed by atoms with Gasteiger partial charge in [0.2, 0.25) is 11.8 Å². The summed E-state index contributed by atoms with van der Waals surface area (Å²) >= 11 is 0. The topological polar surface area (TPSA) is 56.3 Å². The van der Waals surface area contributed by atoms with Gasteiger partial charge in [0.1, 0.15) is 6.61 Å². The fraction of sp³-hybridized carbons (Fsp3) is 0.467. The Morgan fingerprint density at radius 3 is 2.75 bits per heavy atom. The van der Waals surface area contributed by atoms with Crippen LogP contribution in [0.15, 0.2) is 24.3 Å². The summed E-state index contributed by atoms with van der Waals surface area (Å²) in [7, 11) is 0. The third-order valence-electron chi connectivity index (χ3n) is 2.77. The Bertz CT molecular complexity index is 546. The lowest BCUT2D eigenvalue weighted by molar-refractivity contribution is 0.109. The van der Waals surface area contributed by atoms with E-state index in [2.05, 4.69) is 22.2 Å². The highest BCUT2D eigenvalue weighted by molar-refractivity contribution is 5.84. The average molecular weight is 275 g/mol. The molecule has 0 amide bonds. The van der Waals surface area contributed by atoms with Gasteiger partial charge in [-0.3, -0.25) is 0 Å². The van der Waals surface area contributed by atoms with Crippen molar-refractivity contribution in [1.29, 1.82) is 0 Å². The van der Waals surface area contributed by atoms with Crippen molar-refractivity contribution in [3.63, 3.8) is 0 Å². The molecule has 0 atom stereocenters. The van der Waals surface area contributed by atoms with E-state index in [1.807, 2.05) is 31.2 Å². The third kappa shape index (κ3) is 3.81. The van der Waals surface area contributed by atoms with Crippen molar-refractivity contribution in [2.45, 2.75) is 20.3 Å². The lowest BCUT2D eigenvalue weighted by Gasteiger charge is -2.10. The molecular formula is C15H21N3O2. The zero-order chi connectivity index (χ0) is 14.2. The fourth-order valence-electron chi connectivity index (χ4n) is 1.81. The lowest BCUT2D eigenvalue weighted by Crippen LogP contribution is -2.10. The van der Waals surface area contributed by atoms with Crippen LogP contribution in [0.3, 0.4) is 0 Å². The maximum Gasteiger partial charge on any atom is 0.226 e. The molecule has 0 unspecified atom stereocenters. The molecule has 0 spiro atoms. The Hall–Kier alpha value is -1.88. The highest BCUT2D eigenvalue weighted by atomic mass is 16.5. The van der Waals surface area contributed by atoms with Crippen molar-refractivity contribution in [1.82, 2.24) is 9.97 Å². The molecular weight excluding hydrogens is 254 g/mol. The van der Waals surface area contributed by atoms with Crippen molar-refractivity contribution < 1.29 is 9.47 Å². The predicted molar refractivity (Wildman–Crippen MR) is 80.3 cm³/mol. The number of nitrogens with zero attached hydrogens (tertiary/aromatic N) is 2. The maximum atomic E-state index is 5.73. The molecule has 0 radical (unpaired) electrons. The number of nitrogens with one attached hydrogen (secondary N) is 1. The Kier molecular flexibility index (Phi) is 5.55. The van der Waals surface area contributed by atoms with Crippen LogP contribution in [0.1, 0.15) is 20.3 Å². The van der Waals surface area contributed by atoms with E-state index in [0.29, 0.717) is 31.6 Å². The first-order valence-corrected chi connectivity index (χ1v) is 7.06. The minimum atomic E-state index is 0.488. The fourth-order valence-corrected chi connectivity index (χ4v) is 1.81. The second kappa shape index (κ2) is 7.65. The molecule has 0 aliphatic heterocycles. The predicted octanol–water partition coefficient (Wildman–Crippen LogP) is 2.87. The van der Waals surface area contributed by atoms with E-state index in [1.54, 1.807) is 0 Å². The van der Waals surface area contributed by atoms with Crippen LogP contribution in [-0.4, -0.2) is 36.3 Å². The maximum absolute atomic E-state index is 5.73. The number of hydrogen-bond acceptors (Lipinski definition) is 5. The SMILES string of the molecule is CCCNc1nc(OCCOCC)c2ccccc2n1. The summed E-state index contributed by atoms with van der Waals surface area (Å²) in [6.07, 6.45) is 1.02. The van der Waals surface area contributed by atoms with E-state index in [0.717, 1.165) is 23.9 Å². The first kappa shape index (κ1) is 14.5. The summed E-state index contributed by atoms with van der Waals surface area (Å²) in [5.41, 5.74) is 0.882. The van der Waals surface area contributed by atoms with Crippen molar-refractivity contribution in [3.05, 3.63) is 24.3 Å². The molecule has 20 heavy (non-hydrogen) atoms. The summed E-state index contributed by atoms with van der Waals surface area (Å²) in [5, 5.41) is 4.12. The number of rotatable bonds is 8. The molecule has 2 rings (SSSR count). The van der Waals surface area contributed by atoms with Gasteiger partial charge in [0.15, 0.2) is 0 Å². The number of anilines is 1. The average Bonchev–Trinajstić information content (AvgIpc) is 2.49. The van der Waals surface area contributed by atoms with Crippen LogP contribution in [0.4, 0.5) is 5.95 Å². The van der Waals surface area contributed by atoms with E-state index in [9.17, 15) is 0 Å². The summed E-state index contributed by atoms with van der Waals surface area (Å²) in [6.45, 7) is 6.66. The monoisotopic (exact) mass is 275 g/mol. The normalized spacial score (nSPS) is 10.7. The summed E-state index contributed by atoms with van der Waals surface area (Å²) < 4.78 is 11.0. The number of fused-ring (bicyclic) bond motifs is 1. The van der Waals surface area contributed by atoms with Crippen LogP contribution in [0.25, 0.3) is 10.9 Å². The molecule has 0 aliphatic rings. The van der Waals surface area contributed by atoms with E-state index < -0.39 is 0 Å². The Balaban J connectivity index is 2.19. The van der Waals surface area contributed by atoms with Crippen LogP contribution in [0, 0.1) is 0 Å². The van der Waals surface area contributed by atoms with E-state index >= 15 is 0 Å². The van der Waals surface area contributed by atoms with E-state index in [1.165, 1.54) is 0 Å². The quantitative estimate of drug-likeness (QED) is 0.751. The van der Waals surface area contributed by atoms with Crippen LogP contribution in [-0.2, 0) is 4.74 Å². The van der Waals surface area contributed by atoms with Gasteiger partial charge in [-0.2, -0.15) is 4.98 Å². The van der Waals surface area contributed by atoms with Crippen LogP contribution in [0.2, 0.25) is 0 Å². The highest BCUT2D eigenvalue weighted by Gasteiger charge is 2.08. The van der Waals surface area contributed by atoms with E-state index in [4.69, 9.17) is 9.47 Å². The van der Waals surface area contributed by atoms with Gasteiger partial charge < -0.3 is 14.8 Å². The zero-order valence-corrected chi connectivity index (χ0v) is 12.1. The smallest absolute Gasteiger partial charge is 0.226 e. The van der Waals surface area contributed by atoms with Crippen LogP contribution >= 0.6 is 0 Å². The first-order valence-electron chi connectivity index (χ1n) is 7.06. The molecule has 0 saturated heterocycles. The van der Waals surface area contributed by atoms with Crippen LogP contribution in [0.5, 0.6) is 5.88 Å². The number of para-hydroxylation sites is 1. The number of aromatic nitrogens is 2. The van der Waals surface area contributed by atoms with Gasteiger partial charge in [0.05, 0.1) is 17.5 Å². The molecule has 0 saturated carbocycles. The number of benzene rings is 1. The molecule has 108 valence electrons. The van der Waals surface area contributed by atoms with Gasteiger partial charge in [-0.05, 0) is 25.5 Å². The second-order valence-electron chi connectivity index (χ2n) is 4.34. The molecule has 5 nitrogen and oxygen atoms in total. The molecule has 1 heterocycles. The van der Waals surface area contributed by atoms with Gasteiger partial charge in [-0.15, -0.1) is 0 Å². The van der Waals surface area contributed by atoms with Crippen LogP contribution < -0.4 is 10.1 Å². The van der Waals surface area contributed by atoms with Crippen molar-refractivity contribution in [2.24, 2.45) is 0 Å². The molecule has 0 aliphatic carbocycles. The molecule has 1 N–H and O–H groups in total. The molecule has 0 fully saturated rings. The van der Waals surface area contributed by atoms with Gasteiger partial charge in [0, 0.05) is 13.2 Å². The summed E-state index contributed by atoms with van der Waals surface area (Å²) in [4.78, 5) is 8.92. The second-order valence-corrected chi connectivity index (χ2v) is 4.34. The number of ether oxygens (including phenoxy) is 2. The van der Waals surface area contributed by atoms with Crippen molar-refractivity contribution in [3.8, 4) is 5.88 Å². The molecule has 0 bridgehead atoms. The molecule has 2 aromatic rings. The third-order valence-corrected chi connectivity index (χ3v) is 2.77. The largest absolute Gasteiger partial charge is 0.475 e. The Labute approximate surface area is 119 Å². The lowest BCUT2D eigenvalue weighted by atomic mass is 10.2. The standard InChI is InChI=1S/C15H21N3O2/c1-3-9-16-15-17-13-8-6-5-7-12(13)14(18-15)20-11-10-19-4-2/h5-8H,3-4,9-11H2,1-2H3,(H,16,17,18). The summed E-state index contributed by atoms with van der Waals surface area (Å²) in [5.74, 6) is 1.21. The van der Waals surface area contributed by atoms with Gasteiger partial charge in [0.25, 0.3) is 0 Å². The Morgan fingerprint density at radius 2 is 1.95 bits per heavy atom. The van der Waals surface area contributed by atoms with Crippen molar-refractivity contribution in [2.75, 3.05) is 31.7 Å². The van der Waals surface area contributed by atoms with E-state index in [-0.39, 0.29) is 0 Å². The Morgan fingerprint density at radius 1 is 1.10 bits per heavy atom.